The summed E-state index contributed by atoms with van der Waals surface area (Å²) in [5.41, 5.74) is 1.34. The van der Waals surface area contributed by atoms with Crippen molar-refractivity contribution in [3.63, 3.8) is 0 Å². The van der Waals surface area contributed by atoms with Gasteiger partial charge in [-0.2, -0.15) is 0 Å². The number of non-ortho nitro benzene ring substituents is 1. The Bertz CT molecular complexity index is 458. The van der Waals surface area contributed by atoms with Crippen molar-refractivity contribution in [2.24, 2.45) is 11.8 Å². The van der Waals surface area contributed by atoms with Crippen LogP contribution in [-0.2, 0) is 6.42 Å². The molecular weight excluding hydrogens is 240 g/mol. The van der Waals surface area contributed by atoms with E-state index < -0.39 is 0 Å². The first kappa shape index (κ1) is 12.6. The Balaban J connectivity index is 1.46. The van der Waals surface area contributed by atoms with E-state index in [1.165, 1.54) is 31.2 Å². The van der Waals surface area contributed by atoms with E-state index in [0.717, 1.165) is 30.8 Å². The third kappa shape index (κ3) is 2.78. The van der Waals surface area contributed by atoms with Crippen LogP contribution < -0.4 is 5.32 Å². The van der Waals surface area contributed by atoms with E-state index in [9.17, 15) is 10.1 Å². The molecule has 2 saturated carbocycles. The van der Waals surface area contributed by atoms with Gasteiger partial charge in [-0.3, -0.25) is 10.1 Å². The van der Waals surface area contributed by atoms with Crippen LogP contribution in [0.1, 0.15) is 31.2 Å². The summed E-state index contributed by atoms with van der Waals surface area (Å²) < 4.78 is 0. The summed E-state index contributed by atoms with van der Waals surface area (Å²) in [6, 6.07) is 7.62. The minimum atomic E-state index is -0.350. The van der Waals surface area contributed by atoms with Gasteiger partial charge in [-0.1, -0.05) is 18.6 Å². The molecule has 0 unspecified atom stereocenters. The first-order valence-electron chi connectivity index (χ1n) is 7.19. The Morgan fingerprint density at radius 2 is 2.00 bits per heavy atom. The van der Waals surface area contributed by atoms with Gasteiger partial charge in [0.1, 0.15) is 0 Å². The highest BCUT2D eigenvalue weighted by atomic mass is 16.6. The van der Waals surface area contributed by atoms with Crippen LogP contribution in [-0.4, -0.2) is 17.5 Å². The maximum Gasteiger partial charge on any atom is 0.269 e. The van der Waals surface area contributed by atoms with Gasteiger partial charge in [0.15, 0.2) is 0 Å². The third-order valence-electron chi connectivity index (χ3n) is 4.71. The molecule has 19 heavy (non-hydrogen) atoms. The molecule has 2 fully saturated rings. The quantitative estimate of drug-likeness (QED) is 0.654. The zero-order valence-electron chi connectivity index (χ0n) is 11.0. The van der Waals surface area contributed by atoms with Gasteiger partial charge in [-0.15, -0.1) is 0 Å². The van der Waals surface area contributed by atoms with Crippen LogP contribution >= 0.6 is 0 Å². The van der Waals surface area contributed by atoms with Crippen molar-refractivity contribution in [3.05, 3.63) is 39.9 Å². The van der Waals surface area contributed by atoms with Crippen LogP contribution in [0.2, 0.25) is 0 Å². The summed E-state index contributed by atoms with van der Waals surface area (Å²) in [7, 11) is 0. The SMILES string of the molecule is O=[N+]([O-])c1ccc(CCN[C@@H]2C[C@H]3CC[C@H]2C3)cc1. The molecule has 0 saturated heterocycles. The van der Waals surface area contributed by atoms with E-state index in [1.807, 2.05) is 12.1 Å². The van der Waals surface area contributed by atoms with Gasteiger partial charge < -0.3 is 5.32 Å². The van der Waals surface area contributed by atoms with Crippen molar-refractivity contribution >= 4 is 5.69 Å². The standard InChI is InChI=1S/C15H20N2O2/c18-17(19)14-5-2-11(3-6-14)7-8-16-15-10-12-1-4-13(15)9-12/h2-3,5-6,12-13,15-16H,1,4,7-10H2/t12-,13-,15+/m0/s1. The summed E-state index contributed by atoms with van der Waals surface area (Å²) in [6.07, 6.45) is 6.57. The first-order valence-corrected chi connectivity index (χ1v) is 7.19. The largest absolute Gasteiger partial charge is 0.313 e. The van der Waals surface area contributed by atoms with Gasteiger partial charge in [0.05, 0.1) is 4.92 Å². The first-order chi connectivity index (χ1) is 9.22. The van der Waals surface area contributed by atoms with E-state index in [0.29, 0.717) is 0 Å². The smallest absolute Gasteiger partial charge is 0.269 e. The van der Waals surface area contributed by atoms with Crippen LogP contribution in [0.4, 0.5) is 5.69 Å². The Hall–Kier alpha value is -1.42. The lowest BCUT2D eigenvalue weighted by atomic mass is 9.95. The lowest BCUT2D eigenvalue weighted by molar-refractivity contribution is -0.384. The van der Waals surface area contributed by atoms with Crippen LogP contribution in [0.25, 0.3) is 0 Å². The summed E-state index contributed by atoms with van der Waals surface area (Å²) in [6.45, 7) is 0.978. The number of hydrogen-bond donors (Lipinski definition) is 1. The van der Waals surface area contributed by atoms with Gasteiger partial charge in [0.25, 0.3) is 5.69 Å². The Kier molecular flexibility index (Phi) is 3.51. The molecule has 0 radical (unpaired) electrons. The molecule has 2 aliphatic rings. The number of nitrogens with zero attached hydrogens (tertiary/aromatic N) is 1. The van der Waals surface area contributed by atoms with Crippen molar-refractivity contribution in [2.45, 2.75) is 38.1 Å². The van der Waals surface area contributed by atoms with Crippen LogP contribution in [0, 0.1) is 22.0 Å². The van der Waals surface area contributed by atoms with Crippen molar-refractivity contribution in [3.8, 4) is 0 Å². The van der Waals surface area contributed by atoms with E-state index in [1.54, 1.807) is 12.1 Å². The lowest BCUT2D eigenvalue weighted by Gasteiger charge is -2.22. The second-order valence-corrected chi connectivity index (χ2v) is 5.91. The predicted octanol–water partition coefficient (Wildman–Crippen LogP) is 2.92. The van der Waals surface area contributed by atoms with Crippen molar-refractivity contribution in [2.75, 3.05) is 6.54 Å². The number of rotatable bonds is 5. The van der Waals surface area contributed by atoms with Gasteiger partial charge >= 0.3 is 0 Å². The van der Waals surface area contributed by atoms with Gasteiger partial charge in [-0.25, -0.2) is 0 Å². The van der Waals surface area contributed by atoms with E-state index in [4.69, 9.17) is 0 Å². The summed E-state index contributed by atoms with van der Waals surface area (Å²) >= 11 is 0. The molecule has 1 N–H and O–H groups in total. The molecular formula is C15H20N2O2. The van der Waals surface area contributed by atoms with Crippen molar-refractivity contribution in [1.29, 1.82) is 0 Å². The zero-order chi connectivity index (χ0) is 13.2. The van der Waals surface area contributed by atoms with Gasteiger partial charge in [0, 0.05) is 18.2 Å². The summed E-state index contributed by atoms with van der Waals surface area (Å²) in [5.74, 6) is 1.88. The zero-order valence-corrected chi connectivity index (χ0v) is 11.0. The topological polar surface area (TPSA) is 55.2 Å². The monoisotopic (exact) mass is 260 g/mol. The number of nitro groups is 1. The summed E-state index contributed by atoms with van der Waals surface area (Å²) in [4.78, 5) is 10.2. The fraction of sp³-hybridized carbons (Fsp3) is 0.600. The predicted molar refractivity (Wildman–Crippen MR) is 74.0 cm³/mol. The van der Waals surface area contributed by atoms with Crippen LogP contribution in [0.15, 0.2) is 24.3 Å². The van der Waals surface area contributed by atoms with E-state index >= 15 is 0 Å². The highest BCUT2D eigenvalue weighted by molar-refractivity contribution is 5.32. The second-order valence-electron chi connectivity index (χ2n) is 5.91. The highest BCUT2D eigenvalue weighted by Gasteiger charge is 2.38. The molecule has 2 bridgehead atoms. The number of nitrogens with one attached hydrogen (secondary N) is 1. The molecule has 3 atom stereocenters. The van der Waals surface area contributed by atoms with Crippen LogP contribution in [0.3, 0.4) is 0 Å². The third-order valence-corrected chi connectivity index (χ3v) is 4.71. The molecule has 0 aromatic heterocycles. The molecule has 4 nitrogen and oxygen atoms in total. The number of fused-ring (bicyclic) bond motifs is 2. The molecule has 0 aliphatic heterocycles. The number of nitro benzene ring substituents is 1. The average Bonchev–Trinajstić information content (AvgIpc) is 3.02. The maximum atomic E-state index is 10.6. The maximum absolute atomic E-state index is 10.6. The van der Waals surface area contributed by atoms with Crippen LogP contribution in [0.5, 0.6) is 0 Å². The molecule has 0 spiro atoms. The number of hydrogen-bond acceptors (Lipinski definition) is 3. The van der Waals surface area contributed by atoms with Crippen molar-refractivity contribution in [1.82, 2.24) is 5.32 Å². The summed E-state index contributed by atoms with van der Waals surface area (Å²) in [5, 5.41) is 14.2. The molecule has 102 valence electrons. The van der Waals surface area contributed by atoms with E-state index in [-0.39, 0.29) is 10.6 Å². The Labute approximate surface area is 113 Å². The average molecular weight is 260 g/mol. The minimum Gasteiger partial charge on any atom is -0.313 e. The highest BCUT2D eigenvalue weighted by Crippen LogP contribution is 2.44. The van der Waals surface area contributed by atoms with Gasteiger partial charge in [0.2, 0.25) is 0 Å². The van der Waals surface area contributed by atoms with E-state index in [2.05, 4.69) is 5.32 Å². The number of benzene rings is 1. The fourth-order valence-electron chi connectivity index (χ4n) is 3.68. The Morgan fingerprint density at radius 1 is 1.21 bits per heavy atom. The molecule has 2 aliphatic carbocycles. The lowest BCUT2D eigenvalue weighted by Crippen LogP contribution is -2.35. The Morgan fingerprint density at radius 3 is 2.58 bits per heavy atom. The molecule has 1 aromatic rings. The molecule has 4 heteroatoms. The van der Waals surface area contributed by atoms with Crippen molar-refractivity contribution < 1.29 is 4.92 Å². The van der Waals surface area contributed by atoms with Gasteiger partial charge in [-0.05, 0) is 49.6 Å². The normalized spacial score (nSPS) is 28.7. The molecule has 0 amide bonds. The molecule has 0 heterocycles. The second kappa shape index (κ2) is 5.29. The fourth-order valence-corrected chi connectivity index (χ4v) is 3.68. The molecule has 1 aromatic carbocycles. The minimum absolute atomic E-state index is 0.171. The molecule has 3 rings (SSSR count).